The van der Waals surface area contributed by atoms with Gasteiger partial charge >= 0.3 is 6.18 Å². The molecule has 38 heavy (non-hydrogen) atoms. The summed E-state index contributed by atoms with van der Waals surface area (Å²) in [6.07, 6.45) is -4.65. The van der Waals surface area contributed by atoms with Crippen LogP contribution in [0.15, 0.2) is 84.9 Å². The first-order valence-corrected chi connectivity index (χ1v) is 12.0. The fourth-order valence-corrected chi connectivity index (χ4v) is 4.10. The predicted octanol–water partition coefficient (Wildman–Crippen LogP) is 4.26. The quantitative estimate of drug-likeness (QED) is 0.433. The predicted molar refractivity (Wildman–Crippen MR) is 133 cm³/mol. The zero-order valence-corrected chi connectivity index (χ0v) is 20.4. The molecule has 4 rings (SSSR count). The van der Waals surface area contributed by atoms with Gasteiger partial charge in [0, 0.05) is 31.7 Å². The van der Waals surface area contributed by atoms with Gasteiger partial charge in [-0.2, -0.15) is 13.2 Å². The van der Waals surface area contributed by atoms with Crippen molar-refractivity contribution >= 4 is 17.7 Å². The largest absolute Gasteiger partial charge is 0.417 e. The highest BCUT2D eigenvalue weighted by Gasteiger charge is 2.36. The lowest BCUT2D eigenvalue weighted by molar-refractivity contribution is -0.158. The molecule has 198 valence electrons. The summed E-state index contributed by atoms with van der Waals surface area (Å²) in [5, 5.41) is 1.02. The summed E-state index contributed by atoms with van der Waals surface area (Å²) in [7, 11) is 0. The van der Waals surface area contributed by atoms with Gasteiger partial charge in [0.05, 0.1) is 11.1 Å². The smallest absolute Gasteiger partial charge is 0.338 e. The van der Waals surface area contributed by atoms with Crippen LogP contribution in [0, 0.1) is 0 Å². The third-order valence-electron chi connectivity index (χ3n) is 6.14. The molecule has 0 spiro atoms. The van der Waals surface area contributed by atoms with E-state index in [9.17, 15) is 27.6 Å². The lowest BCUT2D eigenvalue weighted by Gasteiger charge is -2.36. The molecule has 0 radical (unpaired) electrons. The molecule has 0 unspecified atom stereocenters. The molecule has 10 heteroatoms. The summed E-state index contributed by atoms with van der Waals surface area (Å²) in [5.41, 5.74) is -0.243. The lowest BCUT2D eigenvalue weighted by Crippen LogP contribution is -2.53. The Balaban J connectivity index is 1.40. The molecule has 3 aromatic rings. The minimum atomic E-state index is -4.65. The number of carbonyl (C=O) groups is 3. The maximum Gasteiger partial charge on any atom is 0.417 e. The molecule has 0 atom stereocenters. The Kier molecular flexibility index (Phi) is 8.42. The number of amides is 3. The van der Waals surface area contributed by atoms with Gasteiger partial charge in [0.2, 0.25) is 5.91 Å². The van der Waals surface area contributed by atoms with Gasteiger partial charge in [0.15, 0.2) is 0 Å². The highest BCUT2D eigenvalue weighted by atomic mass is 19.4. The average Bonchev–Trinajstić information content (AvgIpc) is 2.95. The van der Waals surface area contributed by atoms with Crippen molar-refractivity contribution in [1.29, 1.82) is 0 Å². The van der Waals surface area contributed by atoms with E-state index in [-0.39, 0.29) is 39.3 Å². The molecule has 1 heterocycles. The van der Waals surface area contributed by atoms with Gasteiger partial charge < -0.3 is 9.80 Å². The highest BCUT2D eigenvalue weighted by molar-refractivity contribution is 5.97. The minimum Gasteiger partial charge on any atom is -0.338 e. The summed E-state index contributed by atoms with van der Waals surface area (Å²) >= 11 is 0. The molecular weight excluding hydrogens is 499 g/mol. The van der Waals surface area contributed by atoms with E-state index in [1.165, 1.54) is 21.9 Å². The van der Waals surface area contributed by atoms with Gasteiger partial charge in [-0.1, -0.05) is 60.7 Å². The first-order valence-electron chi connectivity index (χ1n) is 12.0. The van der Waals surface area contributed by atoms with Crippen molar-refractivity contribution in [2.75, 3.05) is 32.7 Å². The SMILES string of the molecule is O=C(CN(OCc1ccccc1)C(=O)c1ccccc1)N1CCN(C(=O)c2ccccc2C(F)(F)F)CC1. The van der Waals surface area contributed by atoms with E-state index in [1.807, 2.05) is 30.3 Å². The summed E-state index contributed by atoms with van der Waals surface area (Å²) < 4.78 is 40.1. The van der Waals surface area contributed by atoms with Crippen molar-refractivity contribution < 1.29 is 32.4 Å². The van der Waals surface area contributed by atoms with E-state index in [2.05, 4.69) is 0 Å². The van der Waals surface area contributed by atoms with E-state index in [0.717, 1.165) is 22.8 Å². The molecular formula is C28H26F3N3O4. The molecule has 3 aromatic carbocycles. The van der Waals surface area contributed by atoms with Crippen molar-refractivity contribution in [1.82, 2.24) is 14.9 Å². The fraction of sp³-hybridized carbons (Fsp3) is 0.250. The number of halogens is 3. The topological polar surface area (TPSA) is 70.2 Å². The molecule has 0 saturated carbocycles. The Morgan fingerprint density at radius 3 is 1.95 bits per heavy atom. The first-order chi connectivity index (χ1) is 18.2. The zero-order chi connectivity index (χ0) is 27.1. The normalized spacial score (nSPS) is 13.8. The number of hydroxylamine groups is 2. The summed E-state index contributed by atoms with van der Waals surface area (Å²) in [6.45, 7) is 0.0805. The Morgan fingerprint density at radius 2 is 1.32 bits per heavy atom. The van der Waals surface area contributed by atoms with E-state index in [0.29, 0.717) is 5.56 Å². The Labute approximate surface area is 218 Å². The van der Waals surface area contributed by atoms with E-state index < -0.39 is 35.0 Å². The Bertz CT molecular complexity index is 1260. The first kappa shape index (κ1) is 26.9. The molecule has 1 fully saturated rings. The number of carbonyl (C=O) groups excluding carboxylic acids is 3. The minimum absolute atomic E-state index is 0.0638. The van der Waals surface area contributed by atoms with Crippen LogP contribution in [0.5, 0.6) is 0 Å². The van der Waals surface area contributed by atoms with Crippen LogP contribution in [0.4, 0.5) is 13.2 Å². The van der Waals surface area contributed by atoms with Gasteiger partial charge in [-0.15, -0.1) is 0 Å². The molecule has 0 bridgehead atoms. The third kappa shape index (κ3) is 6.57. The summed E-state index contributed by atoms with van der Waals surface area (Å²) in [4.78, 5) is 47.5. The average molecular weight is 526 g/mol. The van der Waals surface area contributed by atoms with Gasteiger partial charge in [0.25, 0.3) is 11.8 Å². The fourth-order valence-electron chi connectivity index (χ4n) is 4.10. The lowest BCUT2D eigenvalue weighted by atomic mass is 10.1. The molecule has 0 aromatic heterocycles. The third-order valence-corrected chi connectivity index (χ3v) is 6.14. The Hall–Kier alpha value is -4.18. The van der Waals surface area contributed by atoms with Crippen molar-refractivity contribution in [3.63, 3.8) is 0 Å². The van der Waals surface area contributed by atoms with Crippen molar-refractivity contribution in [3.05, 3.63) is 107 Å². The molecule has 3 amide bonds. The molecule has 1 saturated heterocycles. The van der Waals surface area contributed by atoms with Crippen LogP contribution in [0.3, 0.4) is 0 Å². The number of hydrogen-bond donors (Lipinski definition) is 0. The number of hydrogen-bond acceptors (Lipinski definition) is 4. The van der Waals surface area contributed by atoms with Crippen LogP contribution in [-0.4, -0.2) is 65.3 Å². The number of benzene rings is 3. The van der Waals surface area contributed by atoms with Gasteiger partial charge in [-0.05, 0) is 29.8 Å². The number of rotatable bonds is 7. The number of piperazine rings is 1. The van der Waals surface area contributed by atoms with E-state index in [4.69, 9.17) is 4.84 Å². The molecule has 1 aliphatic heterocycles. The van der Waals surface area contributed by atoms with Gasteiger partial charge in [0.1, 0.15) is 13.2 Å². The standard InChI is InChI=1S/C28H26F3N3O4/c29-28(30,31)24-14-8-7-13-23(24)27(37)33-17-15-32(16-18-33)25(35)19-34(26(36)22-11-5-2-6-12-22)38-20-21-9-3-1-4-10-21/h1-14H,15-20H2. The van der Waals surface area contributed by atoms with Crippen LogP contribution in [0.25, 0.3) is 0 Å². The second kappa shape index (κ2) is 11.9. The van der Waals surface area contributed by atoms with Crippen LogP contribution < -0.4 is 0 Å². The monoisotopic (exact) mass is 525 g/mol. The molecule has 0 aliphatic carbocycles. The zero-order valence-electron chi connectivity index (χ0n) is 20.4. The van der Waals surface area contributed by atoms with Crippen LogP contribution in [-0.2, 0) is 22.4 Å². The van der Waals surface area contributed by atoms with Crippen LogP contribution in [0.1, 0.15) is 31.8 Å². The summed E-state index contributed by atoms with van der Waals surface area (Å²) in [6, 6.07) is 22.3. The molecule has 0 N–H and O–H groups in total. The molecule has 7 nitrogen and oxygen atoms in total. The molecule has 1 aliphatic rings. The second-order valence-electron chi connectivity index (χ2n) is 8.68. The highest BCUT2D eigenvalue weighted by Crippen LogP contribution is 2.32. The van der Waals surface area contributed by atoms with Crippen molar-refractivity contribution in [3.8, 4) is 0 Å². The van der Waals surface area contributed by atoms with Crippen molar-refractivity contribution in [2.24, 2.45) is 0 Å². The number of nitrogens with zero attached hydrogens (tertiary/aromatic N) is 3. The summed E-state index contributed by atoms with van der Waals surface area (Å²) in [5.74, 6) is -1.62. The van der Waals surface area contributed by atoms with E-state index in [1.54, 1.807) is 30.3 Å². The second-order valence-corrected chi connectivity index (χ2v) is 8.68. The number of alkyl halides is 3. The maximum atomic E-state index is 13.4. The Morgan fingerprint density at radius 1 is 0.763 bits per heavy atom. The van der Waals surface area contributed by atoms with E-state index >= 15 is 0 Å². The van der Waals surface area contributed by atoms with Crippen LogP contribution >= 0.6 is 0 Å². The maximum absolute atomic E-state index is 13.4. The van der Waals surface area contributed by atoms with Gasteiger partial charge in [-0.3, -0.25) is 19.2 Å². The van der Waals surface area contributed by atoms with Crippen LogP contribution in [0.2, 0.25) is 0 Å². The van der Waals surface area contributed by atoms with Gasteiger partial charge in [-0.25, -0.2) is 5.06 Å². The van der Waals surface area contributed by atoms with Crippen molar-refractivity contribution in [2.45, 2.75) is 12.8 Å².